The predicted molar refractivity (Wildman–Crippen MR) is 114 cm³/mol. The molecule has 0 atom stereocenters. The largest absolute Gasteiger partial charge is 0.366 e. The van der Waals surface area contributed by atoms with Crippen LogP contribution >= 0.6 is 0 Å². The molecule has 3 N–H and O–H groups in total. The summed E-state index contributed by atoms with van der Waals surface area (Å²) in [4.78, 5) is 23.3. The van der Waals surface area contributed by atoms with Gasteiger partial charge in [0, 0.05) is 36.7 Å². The van der Waals surface area contributed by atoms with E-state index in [0.717, 1.165) is 29.4 Å². The first-order valence-corrected chi connectivity index (χ1v) is 9.83. The molecule has 0 saturated carbocycles. The summed E-state index contributed by atoms with van der Waals surface area (Å²) in [7, 11) is 2.01. The molecule has 0 radical (unpaired) electrons. The molecule has 0 spiro atoms. The SMILES string of the molecule is CN1Cc2nc(-n3ncc4c(C(N)=O)cc(F)cc43)nc(NCc3ccccc3)c2C1. The van der Waals surface area contributed by atoms with Gasteiger partial charge in [-0.1, -0.05) is 30.3 Å². The first-order valence-electron chi connectivity index (χ1n) is 9.83. The third-order valence-corrected chi connectivity index (χ3v) is 5.34. The zero-order valence-electron chi connectivity index (χ0n) is 16.8. The second kappa shape index (κ2) is 7.44. The molecule has 31 heavy (non-hydrogen) atoms. The Morgan fingerprint density at radius 1 is 1.19 bits per heavy atom. The van der Waals surface area contributed by atoms with E-state index in [-0.39, 0.29) is 5.56 Å². The standard InChI is InChI=1S/C22H20FN7O/c1-29-11-17-18(12-29)27-22(28-21(17)25-9-13-5-3-2-4-6-13)30-19-8-14(23)7-15(20(24)31)16(19)10-26-30/h2-8,10H,9,11-12H2,1H3,(H2,24,31)(H,25,27,28). The van der Waals surface area contributed by atoms with Crippen molar-refractivity contribution in [2.75, 3.05) is 12.4 Å². The number of hydrogen-bond donors (Lipinski definition) is 2. The third-order valence-electron chi connectivity index (χ3n) is 5.34. The van der Waals surface area contributed by atoms with Crippen molar-refractivity contribution >= 4 is 22.6 Å². The van der Waals surface area contributed by atoms with Crippen molar-refractivity contribution in [3.8, 4) is 5.95 Å². The first-order chi connectivity index (χ1) is 15.0. The monoisotopic (exact) mass is 417 g/mol. The fourth-order valence-electron chi connectivity index (χ4n) is 3.87. The number of nitrogens with zero attached hydrogens (tertiary/aromatic N) is 5. The maximum atomic E-state index is 14.2. The highest BCUT2D eigenvalue weighted by molar-refractivity contribution is 6.05. The van der Waals surface area contributed by atoms with Gasteiger partial charge in [-0.05, 0) is 18.7 Å². The van der Waals surface area contributed by atoms with E-state index in [1.165, 1.54) is 16.9 Å². The lowest BCUT2D eigenvalue weighted by atomic mass is 10.1. The summed E-state index contributed by atoms with van der Waals surface area (Å²) in [6, 6.07) is 12.4. The molecular weight excluding hydrogens is 397 g/mol. The van der Waals surface area contributed by atoms with E-state index in [9.17, 15) is 9.18 Å². The fraction of sp³-hybridized carbons (Fsp3) is 0.182. The van der Waals surface area contributed by atoms with Crippen LogP contribution in [0.25, 0.3) is 16.9 Å². The summed E-state index contributed by atoms with van der Waals surface area (Å²) in [5.41, 5.74) is 8.92. The minimum atomic E-state index is -0.717. The number of anilines is 1. The highest BCUT2D eigenvalue weighted by Crippen LogP contribution is 2.29. The van der Waals surface area contributed by atoms with Crippen molar-refractivity contribution in [3.05, 3.63) is 76.9 Å². The van der Waals surface area contributed by atoms with Gasteiger partial charge in [0.15, 0.2) is 0 Å². The van der Waals surface area contributed by atoms with Gasteiger partial charge < -0.3 is 11.1 Å². The molecule has 2 aromatic carbocycles. The molecule has 1 amide bonds. The Hall–Kier alpha value is -3.85. The minimum Gasteiger partial charge on any atom is -0.366 e. The highest BCUT2D eigenvalue weighted by atomic mass is 19.1. The summed E-state index contributed by atoms with van der Waals surface area (Å²) in [5.74, 6) is -0.277. The molecule has 0 aliphatic carbocycles. The second-order valence-electron chi connectivity index (χ2n) is 7.62. The van der Waals surface area contributed by atoms with Crippen LogP contribution in [0.1, 0.15) is 27.2 Å². The van der Waals surface area contributed by atoms with Crippen LogP contribution in [0.2, 0.25) is 0 Å². The number of primary amides is 1. The van der Waals surface area contributed by atoms with Gasteiger partial charge in [0.25, 0.3) is 5.95 Å². The van der Waals surface area contributed by atoms with E-state index in [2.05, 4.69) is 20.3 Å². The lowest BCUT2D eigenvalue weighted by Crippen LogP contribution is -2.13. The smallest absolute Gasteiger partial charge is 0.253 e. The van der Waals surface area contributed by atoms with E-state index in [0.29, 0.717) is 35.8 Å². The average molecular weight is 417 g/mol. The van der Waals surface area contributed by atoms with Gasteiger partial charge in [-0.15, -0.1) is 0 Å². The number of hydrogen-bond acceptors (Lipinski definition) is 6. The number of halogens is 1. The fourth-order valence-corrected chi connectivity index (χ4v) is 3.87. The van der Waals surface area contributed by atoms with Gasteiger partial charge >= 0.3 is 0 Å². The Morgan fingerprint density at radius 2 is 2.00 bits per heavy atom. The number of nitrogens with two attached hydrogens (primary N) is 1. The maximum Gasteiger partial charge on any atom is 0.253 e. The molecule has 0 bridgehead atoms. The van der Waals surface area contributed by atoms with Gasteiger partial charge in [0.2, 0.25) is 5.91 Å². The van der Waals surface area contributed by atoms with Crippen LogP contribution in [0.3, 0.4) is 0 Å². The van der Waals surface area contributed by atoms with E-state index >= 15 is 0 Å². The Labute approximate surface area is 177 Å². The number of carbonyl (C=O) groups excluding carboxylic acids is 1. The van der Waals surface area contributed by atoms with Gasteiger partial charge in [0.05, 0.1) is 23.0 Å². The topological polar surface area (TPSA) is 102 Å². The molecule has 3 heterocycles. The van der Waals surface area contributed by atoms with Crippen LogP contribution < -0.4 is 11.1 Å². The Kier molecular flexibility index (Phi) is 4.59. The van der Waals surface area contributed by atoms with E-state index < -0.39 is 11.7 Å². The van der Waals surface area contributed by atoms with Crippen LogP contribution in [-0.4, -0.2) is 37.6 Å². The second-order valence-corrected chi connectivity index (χ2v) is 7.62. The number of benzene rings is 2. The van der Waals surface area contributed by atoms with Crippen LogP contribution in [0.4, 0.5) is 10.2 Å². The van der Waals surface area contributed by atoms with Gasteiger partial charge in [-0.25, -0.2) is 9.37 Å². The number of rotatable bonds is 5. The zero-order valence-corrected chi connectivity index (χ0v) is 16.8. The third kappa shape index (κ3) is 3.49. The van der Waals surface area contributed by atoms with E-state index in [1.54, 1.807) is 0 Å². The van der Waals surface area contributed by atoms with Gasteiger partial charge in [-0.3, -0.25) is 9.69 Å². The van der Waals surface area contributed by atoms with E-state index in [4.69, 9.17) is 10.7 Å². The van der Waals surface area contributed by atoms with Crippen LogP contribution in [0.5, 0.6) is 0 Å². The summed E-state index contributed by atoms with van der Waals surface area (Å²) in [6.07, 6.45) is 1.48. The van der Waals surface area contributed by atoms with Gasteiger partial charge in [0.1, 0.15) is 11.6 Å². The summed E-state index contributed by atoms with van der Waals surface area (Å²) in [5, 5.41) is 8.19. The van der Waals surface area contributed by atoms with Crippen molar-refractivity contribution in [1.29, 1.82) is 0 Å². The molecule has 0 unspecified atom stereocenters. The number of aromatic nitrogens is 4. The average Bonchev–Trinajstić information content (AvgIpc) is 3.34. The molecule has 5 rings (SSSR count). The number of amides is 1. The summed E-state index contributed by atoms with van der Waals surface area (Å²) < 4.78 is 15.6. The first kappa shape index (κ1) is 19.1. The van der Waals surface area contributed by atoms with Crippen molar-refractivity contribution in [2.45, 2.75) is 19.6 Å². The molecule has 1 aliphatic heterocycles. The number of nitrogens with one attached hydrogen (secondary N) is 1. The Morgan fingerprint density at radius 3 is 2.77 bits per heavy atom. The van der Waals surface area contributed by atoms with Gasteiger partial charge in [-0.2, -0.15) is 14.8 Å². The predicted octanol–water partition coefficient (Wildman–Crippen LogP) is 2.61. The molecule has 2 aromatic heterocycles. The van der Waals surface area contributed by atoms with Crippen LogP contribution in [0.15, 0.2) is 48.7 Å². The highest BCUT2D eigenvalue weighted by Gasteiger charge is 2.24. The minimum absolute atomic E-state index is 0.0737. The molecule has 4 aromatic rings. The maximum absolute atomic E-state index is 14.2. The molecule has 1 aliphatic rings. The lowest BCUT2D eigenvalue weighted by molar-refractivity contribution is 0.100. The van der Waals surface area contributed by atoms with Crippen molar-refractivity contribution in [3.63, 3.8) is 0 Å². The van der Waals surface area contributed by atoms with E-state index in [1.807, 2.05) is 37.4 Å². The molecule has 156 valence electrons. The Bertz CT molecular complexity index is 1300. The molecule has 8 nitrogen and oxygen atoms in total. The van der Waals surface area contributed by atoms with Crippen molar-refractivity contribution in [1.82, 2.24) is 24.6 Å². The number of fused-ring (bicyclic) bond motifs is 2. The summed E-state index contributed by atoms with van der Waals surface area (Å²) >= 11 is 0. The lowest BCUT2D eigenvalue weighted by Gasteiger charge is -2.12. The molecule has 0 saturated heterocycles. The van der Waals surface area contributed by atoms with Crippen molar-refractivity contribution in [2.24, 2.45) is 5.73 Å². The quantitative estimate of drug-likeness (QED) is 0.518. The van der Waals surface area contributed by atoms with Crippen LogP contribution in [-0.2, 0) is 19.6 Å². The normalized spacial score (nSPS) is 13.5. The molecule has 9 heteroatoms. The molecule has 0 fully saturated rings. The summed E-state index contributed by atoms with van der Waals surface area (Å²) in [6.45, 7) is 2.01. The molecular formula is C22H20FN7O. The zero-order chi connectivity index (χ0) is 21.5. The Balaban J connectivity index is 1.60. The van der Waals surface area contributed by atoms with Crippen molar-refractivity contribution < 1.29 is 9.18 Å². The van der Waals surface area contributed by atoms with Crippen LogP contribution in [0, 0.1) is 5.82 Å². The number of carbonyl (C=O) groups is 1.